The molecule has 0 spiro atoms. The van der Waals surface area contributed by atoms with E-state index in [1.165, 1.54) is 0 Å². The van der Waals surface area contributed by atoms with E-state index < -0.39 is 0 Å². The van der Waals surface area contributed by atoms with Gasteiger partial charge in [0.05, 0.1) is 14.3 Å². The van der Waals surface area contributed by atoms with Crippen molar-refractivity contribution >= 4 is 39.9 Å². The van der Waals surface area contributed by atoms with Crippen molar-refractivity contribution in [1.82, 2.24) is 0 Å². The van der Waals surface area contributed by atoms with Crippen LogP contribution in [0, 0.1) is 3.57 Å². The van der Waals surface area contributed by atoms with Crippen LogP contribution < -0.4 is 5.73 Å². The summed E-state index contributed by atoms with van der Waals surface area (Å²) in [4.78, 5) is 0. The van der Waals surface area contributed by atoms with Gasteiger partial charge < -0.3 is 10.8 Å². The second kappa shape index (κ2) is 2.84. The molecule has 0 aliphatic rings. The molecule has 1 aromatic rings. The maximum Gasteiger partial charge on any atom is 0.153 e. The number of anilines is 1. The molecule has 0 bridgehead atoms. The summed E-state index contributed by atoms with van der Waals surface area (Å²) in [6, 6.07) is 3.35. The van der Waals surface area contributed by atoms with Gasteiger partial charge in [0, 0.05) is 0 Å². The Kier molecular flexibility index (Phi) is 2.25. The van der Waals surface area contributed by atoms with Gasteiger partial charge in [0.15, 0.2) is 5.75 Å². The molecule has 0 aliphatic carbocycles. The van der Waals surface area contributed by atoms with E-state index in [9.17, 15) is 5.11 Å². The third kappa shape index (κ3) is 1.29. The van der Waals surface area contributed by atoms with E-state index in [0.29, 0.717) is 8.59 Å². The maximum absolute atomic E-state index is 9.17. The summed E-state index contributed by atoms with van der Waals surface area (Å²) in [6.45, 7) is 0. The van der Waals surface area contributed by atoms with E-state index in [0.717, 1.165) is 0 Å². The van der Waals surface area contributed by atoms with Crippen LogP contribution in [-0.2, 0) is 0 Å². The van der Waals surface area contributed by atoms with Gasteiger partial charge in [0.1, 0.15) is 0 Å². The first-order valence-corrected chi connectivity index (χ1v) is 4.01. The summed E-state index contributed by atoms with van der Waals surface area (Å²) < 4.78 is 0.708. The minimum absolute atomic E-state index is 0.0631. The molecular formula is C6H5ClINO. The lowest BCUT2D eigenvalue weighted by molar-refractivity contribution is 0.474. The van der Waals surface area contributed by atoms with Gasteiger partial charge in [0.2, 0.25) is 0 Å². The molecule has 0 aliphatic heterocycles. The van der Waals surface area contributed by atoms with E-state index in [2.05, 4.69) is 0 Å². The molecule has 4 heteroatoms. The molecule has 54 valence electrons. The average molecular weight is 269 g/mol. The van der Waals surface area contributed by atoms with Crippen LogP contribution in [0.1, 0.15) is 0 Å². The topological polar surface area (TPSA) is 46.2 Å². The van der Waals surface area contributed by atoms with Crippen LogP contribution in [-0.4, -0.2) is 5.11 Å². The molecule has 3 N–H and O–H groups in total. The van der Waals surface area contributed by atoms with Crippen molar-refractivity contribution in [3.8, 4) is 5.75 Å². The van der Waals surface area contributed by atoms with Crippen molar-refractivity contribution in [2.24, 2.45) is 0 Å². The van der Waals surface area contributed by atoms with Gasteiger partial charge in [0.25, 0.3) is 0 Å². The Labute approximate surface area is 77.1 Å². The first-order valence-electron chi connectivity index (χ1n) is 2.55. The Morgan fingerprint density at radius 1 is 1.50 bits per heavy atom. The second-order valence-corrected chi connectivity index (χ2v) is 3.36. The summed E-state index contributed by atoms with van der Waals surface area (Å²) in [5.74, 6) is 0.0631. The Morgan fingerprint density at radius 2 is 2.10 bits per heavy atom. The van der Waals surface area contributed by atoms with Crippen molar-refractivity contribution < 1.29 is 5.11 Å². The second-order valence-electron chi connectivity index (χ2n) is 1.79. The highest BCUT2D eigenvalue weighted by molar-refractivity contribution is 14.1. The summed E-state index contributed by atoms with van der Waals surface area (Å²) >= 11 is 7.58. The predicted octanol–water partition coefficient (Wildman–Crippen LogP) is 2.23. The van der Waals surface area contributed by atoms with Gasteiger partial charge in [-0.2, -0.15) is 0 Å². The van der Waals surface area contributed by atoms with Crippen LogP contribution in [0.3, 0.4) is 0 Å². The number of hydrogen-bond acceptors (Lipinski definition) is 2. The van der Waals surface area contributed by atoms with Crippen LogP contribution >= 0.6 is 34.2 Å². The molecule has 0 aromatic heterocycles. The van der Waals surface area contributed by atoms with E-state index in [1.54, 1.807) is 12.1 Å². The Morgan fingerprint density at radius 3 is 2.60 bits per heavy atom. The number of aromatic hydroxyl groups is 1. The highest BCUT2D eigenvalue weighted by atomic mass is 127. The number of hydrogen-bond donors (Lipinski definition) is 2. The molecule has 1 aromatic carbocycles. The molecule has 0 amide bonds. The lowest BCUT2D eigenvalue weighted by atomic mass is 10.3. The van der Waals surface area contributed by atoms with Gasteiger partial charge in [-0.05, 0) is 34.7 Å². The van der Waals surface area contributed by atoms with Crippen LogP contribution in [0.15, 0.2) is 12.1 Å². The molecule has 0 saturated heterocycles. The lowest BCUT2D eigenvalue weighted by Crippen LogP contribution is -1.88. The van der Waals surface area contributed by atoms with Gasteiger partial charge in [-0.15, -0.1) is 0 Å². The smallest absolute Gasteiger partial charge is 0.153 e. The van der Waals surface area contributed by atoms with Gasteiger partial charge in [-0.25, -0.2) is 0 Å². The Balaban J connectivity index is 3.34. The average Bonchev–Trinajstić information content (AvgIpc) is 1.93. The summed E-state index contributed by atoms with van der Waals surface area (Å²) in [6.07, 6.45) is 0. The standard InChI is InChI=1S/C6H5ClINO/c7-3-1-2-4(8)6(10)5(3)9/h1-2,10H,9H2. The molecule has 0 unspecified atom stereocenters. The summed E-state index contributed by atoms with van der Waals surface area (Å²) in [7, 11) is 0. The molecular weight excluding hydrogens is 264 g/mol. The van der Waals surface area contributed by atoms with Crippen molar-refractivity contribution in [2.75, 3.05) is 5.73 Å². The number of phenols is 1. The third-order valence-corrected chi connectivity index (χ3v) is 2.31. The lowest BCUT2D eigenvalue weighted by Gasteiger charge is -2.01. The van der Waals surface area contributed by atoms with Crippen molar-refractivity contribution in [2.45, 2.75) is 0 Å². The molecule has 0 radical (unpaired) electrons. The number of nitrogen functional groups attached to an aromatic ring is 1. The molecule has 1 rings (SSSR count). The normalized spacial score (nSPS) is 9.80. The monoisotopic (exact) mass is 269 g/mol. The van der Waals surface area contributed by atoms with E-state index in [1.807, 2.05) is 22.6 Å². The maximum atomic E-state index is 9.17. The first-order chi connectivity index (χ1) is 4.63. The fourth-order valence-corrected chi connectivity index (χ4v) is 1.18. The molecule has 0 heterocycles. The molecule has 2 nitrogen and oxygen atoms in total. The number of phenolic OH excluding ortho intramolecular Hbond substituents is 1. The largest absolute Gasteiger partial charge is 0.505 e. The number of benzene rings is 1. The minimum Gasteiger partial charge on any atom is -0.505 e. The fraction of sp³-hybridized carbons (Fsp3) is 0. The van der Waals surface area contributed by atoms with E-state index in [4.69, 9.17) is 17.3 Å². The summed E-state index contributed by atoms with van der Waals surface area (Å²) in [5, 5.41) is 9.56. The minimum atomic E-state index is 0.0631. The van der Waals surface area contributed by atoms with E-state index >= 15 is 0 Å². The third-order valence-electron chi connectivity index (χ3n) is 1.11. The number of nitrogens with two attached hydrogens (primary N) is 1. The highest BCUT2D eigenvalue weighted by Crippen LogP contribution is 2.32. The van der Waals surface area contributed by atoms with Crippen LogP contribution in [0.5, 0.6) is 5.75 Å². The van der Waals surface area contributed by atoms with Crippen LogP contribution in [0.2, 0.25) is 5.02 Å². The van der Waals surface area contributed by atoms with E-state index in [-0.39, 0.29) is 11.4 Å². The molecule has 10 heavy (non-hydrogen) atoms. The molecule has 0 saturated carbocycles. The highest BCUT2D eigenvalue weighted by Gasteiger charge is 2.04. The number of halogens is 2. The van der Waals surface area contributed by atoms with Gasteiger partial charge in [-0.3, -0.25) is 0 Å². The van der Waals surface area contributed by atoms with Crippen molar-refractivity contribution in [3.05, 3.63) is 20.7 Å². The SMILES string of the molecule is Nc1c(Cl)ccc(I)c1O. The van der Waals surface area contributed by atoms with Crippen molar-refractivity contribution in [3.63, 3.8) is 0 Å². The Bertz CT molecular complexity index is 237. The molecule has 0 atom stereocenters. The quantitative estimate of drug-likeness (QED) is 0.431. The zero-order valence-electron chi connectivity index (χ0n) is 4.94. The van der Waals surface area contributed by atoms with Gasteiger partial charge in [-0.1, -0.05) is 11.6 Å². The molecule has 0 fully saturated rings. The zero-order chi connectivity index (χ0) is 7.72. The van der Waals surface area contributed by atoms with Gasteiger partial charge >= 0.3 is 0 Å². The zero-order valence-corrected chi connectivity index (χ0v) is 7.85. The van der Waals surface area contributed by atoms with Crippen LogP contribution in [0.25, 0.3) is 0 Å². The van der Waals surface area contributed by atoms with Crippen molar-refractivity contribution in [1.29, 1.82) is 0 Å². The van der Waals surface area contributed by atoms with Crippen LogP contribution in [0.4, 0.5) is 5.69 Å². The fourth-order valence-electron chi connectivity index (χ4n) is 0.557. The summed E-state index contributed by atoms with van der Waals surface area (Å²) in [5.41, 5.74) is 5.64. The number of rotatable bonds is 0. The predicted molar refractivity (Wildman–Crippen MR) is 50.2 cm³/mol. The Hall–Kier alpha value is -0.160. The first kappa shape index (κ1) is 7.94.